The fraction of sp³-hybridized carbons (Fsp3) is 0.458. The number of H-pyrrole nitrogens is 1. The summed E-state index contributed by atoms with van der Waals surface area (Å²) in [4.78, 5) is 30.4. The molecule has 170 valence electrons. The smallest absolute Gasteiger partial charge is 0.270 e. The van der Waals surface area contributed by atoms with E-state index in [1.807, 2.05) is 43.0 Å². The van der Waals surface area contributed by atoms with Crippen LogP contribution in [0.2, 0.25) is 0 Å². The molecule has 4 rings (SSSR count). The summed E-state index contributed by atoms with van der Waals surface area (Å²) in [6.07, 6.45) is 2.88. The summed E-state index contributed by atoms with van der Waals surface area (Å²) in [5, 5.41) is 7.93. The number of aromatic amines is 1. The Bertz CT molecular complexity index is 1090. The van der Waals surface area contributed by atoms with E-state index in [9.17, 15) is 9.59 Å². The molecule has 2 amide bonds. The second-order valence-electron chi connectivity index (χ2n) is 8.48. The van der Waals surface area contributed by atoms with E-state index in [0.29, 0.717) is 37.7 Å². The number of amides is 2. The topological polar surface area (TPSA) is 100 Å². The van der Waals surface area contributed by atoms with Gasteiger partial charge in [-0.1, -0.05) is 5.16 Å². The number of nitrogens with one attached hydrogen (secondary N) is 2. The summed E-state index contributed by atoms with van der Waals surface area (Å²) in [6.45, 7) is 5.70. The van der Waals surface area contributed by atoms with Crippen molar-refractivity contribution in [3.8, 4) is 5.75 Å². The van der Waals surface area contributed by atoms with Gasteiger partial charge in [0.05, 0.1) is 12.8 Å². The Morgan fingerprint density at radius 1 is 1.25 bits per heavy atom. The molecule has 1 fully saturated rings. The normalized spacial score (nSPS) is 14.7. The highest BCUT2D eigenvalue weighted by Crippen LogP contribution is 2.25. The molecule has 0 atom stereocenters. The molecule has 0 radical (unpaired) electrons. The third-order valence-electron chi connectivity index (χ3n) is 6.31. The Morgan fingerprint density at radius 3 is 2.72 bits per heavy atom. The average molecular weight is 439 g/mol. The number of rotatable bonds is 7. The van der Waals surface area contributed by atoms with Gasteiger partial charge in [0.2, 0.25) is 5.91 Å². The second kappa shape index (κ2) is 9.46. The zero-order valence-electron chi connectivity index (χ0n) is 18.9. The van der Waals surface area contributed by atoms with Crippen LogP contribution in [0, 0.1) is 19.8 Å². The fourth-order valence-electron chi connectivity index (χ4n) is 4.38. The van der Waals surface area contributed by atoms with Gasteiger partial charge in [-0.2, -0.15) is 0 Å². The predicted molar refractivity (Wildman–Crippen MR) is 121 cm³/mol. The number of fused-ring (bicyclic) bond motifs is 1. The lowest BCUT2D eigenvalue weighted by Crippen LogP contribution is -2.40. The van der Waals surface area contributed by atoms with Crippen LogP contribution in [0.3, 0.4) is 0 Å². The lowest BCUT2D eigenvalue weighted by Gasteiger charge is -2.31. The molecule has 8 heteroatoms. The summed E-state index contributed by atoms with van der Waals surface area (Å²) in [6, 6.07) is 7.60. The molecule has 32 heavy (non-hydrogen) atoms. The number of methoxy groups -OCH3 is 1. The summed E-state index contributed by atoms with van der Waals surface area (Å²) < 4.78 is 10.4. The first-order valence-electron chi connectivity index (χ1n) is 11.1. The quantitative estimate of drug-likeness (QED) is 0.589. The number of piperidine rings is 1. The van der Waals surface area contributed by atoms with Gasteiger partial charge in [-0.25, -0.2) is 0 Å². The number of aromatic nitrogens is 2. The lowest BCUT2D eigenvalue weighted by molar-refractivity contribution is -0.122. The Hall–Kier alpha value is -3.29. The highest BCUT2D eigenvalue weighted by Gasteiger charge is 2.26. The number of likely N-dealkylation sites (tertiary alicyclic amines) is 1. The van der Waals surface area contributed by atoms with Crippen molar-refractivity contribution in [3.63, 3.8) is 0 Å². The minimum absolute atomic E-state index is 0.00234. The van der Waals surface area contributed by atoms with Crippen LogP contribution in [0.5, 0.6) is 5.75 Å². The third kappa shape index (κ3) is 4.79. The van der Waals surface area contributed by atoms with Crippen molar-refractivity contribution in [2.75, 3.05) is 26.7 Å². The molecule has 0 bridgehead atoms. The third-order valence-corrected chi connectivity index (χ3v) is 6.31. The van der Waals surface area contributed by atoms with E-state index in [2.05, 4.69) is 15.5 Å². The standard InChI is InChI=1S/C24H30N4O4/c1-15-20(16(2)32-27-15)6-9-25-23(29)12-17-7-10-28(11-8-17)24(30)22-13-18-4-5-19(31-3)14-21(18)26-22/h4-5,13-14,17,26H,6-12H2,1-3H3,(H,25,29). The first-order valence-corrected chi connectivity index (χ1v) is 11.1. The van der Waals surface area contributed by atoms with Gasteiger partial charge in [0.1, 0.15) is 17.2 Å². The predicted octanol–water partition coefficient (Wildman–Crippen LogP) is 3.38. The van der Waals surface area contributed by atoms with Gasteiger partial charge in [-0.15, -0.1) is 0 Å². The number of hydrogen-bond acceptors (Lipinski definition) is 5. The molecule has 1 aliphatic rings. The van der Waals surface area contributed by atoms with Gasteiger partial charge >= 0.3 is 0 Å². The zero-order chi connectivity index (χ0) is 22.7. The molecule has 2 N–H and O–H groups in total. The van der Waals surface area contributed by atoms with Crippen molar-refractivity contribution in [1.29, 1.82) is 0 Å². The van der Waals surface area contributed by atoms with E-state index in [0.717, 1.165) is 52.9 Å². The summed E-state index contributed by atoms with van der Waals surface area (Å²) in [7, 11) is 1.62. The van der Waals surface area contributed by atoms with Crippen LogP contribution in [0.25, 0.3) is 10.9 Å². The molecule has 8 nitrogen and oxygen atoms in total. The van der Waals surface area contributed by atoms with Crippen molar-refractivity contribution in [2.24, 2.45) is 5.92 Å². The maximum Gasteiger partial charge on any atom is 0.270 e. The second-order valence-corrected chi connectivity index (χ2v) is 8.48. The first-order chi connectivity index (χ1) is 15.4. The van der Waals surface area contributed by atoms with Crippen LogP contribution in [-0.2, 0) is 11.2 Å². The number of hydrogen-bond donors (Lipinski definition) is 2. The molecule has 0 aliphatic carbocycles. The molecular formula is C24H30N4O4. The highest BCUT2D eigenvalue weighted by molar-refractivity contribution is 5.98. The molecule has 3 heterocycles. The van der Waals surface area contributed by atoms with Crippen molar-refractivity contribution < 1.29 is 18.8 Å². The highest BCUT2D eigenvalue weighted by atomic mass is 16.5. The number of benzene rings is 1. The minimum atomic E-state index is 0.00234. The van der Waals surface area contributed by atoms with Gasteiger partial charge in [0.15, 0.2) is 0 Å². The fourth-order valence-corrected chi connectivity index (χ4v) is 4.38. The van der Waals surface area contributed by atoms with E-state index < -0.39 is 0 Å². The van der Waals surface area contributed by atoms with Crippen molar-refractivity contribution in [2.45, 2.75) is 39.5 Å². The van der Waals surface area contributed by atoms with E-state index in [1.54, 1.807) is 7.11 Å². The van der Waals surface area contributed by atoms with Gasteiger partial charge in [0.25, 0.3) is 5.91 Å². The van der Waals surface area contributed by atoms with E-state index in [-0.39, 0.29) is 11.8 Å². The SMILES string of the molecule is COc1ccc2cc(C(=O)N3CCC(CC(=O)NCCc4c(C)noc4C)CC3)[nH]c2c1. The molecule has 1 aromatic carbocycles. The molecule has 2 aromatic heterocycles. The number of carbonyl (C=O) groups is 2. The van der Waals surface area contributed by atoms with Crippen LogP contribution in [0.15, 0.2) is 28.8 Å². The monoisotopic (exact) mass is 438 g/mol. The summed E-state index contributed by atoms with van der Waals surface area (Å²) in [5.41, 5.74) is 3.41. The Kier molecular flexibility index (Phi) is 6.48. The van der Waals surface area contributed by atoms with Gasteiger partial charge < -0.3 is 24.5 Å². The maximum absolute atomic E-state index is 12.9. The average Bonchev–Trinajstić information content (AvgIpc) is 3.36. The molecule has 1 saturated heterocycles. The van der Waals surface area contributed by atoms with Crippen LogP contribution >= 0.6 is 0 Å². The van der Waals surface area contributed by atoms with Crippen LogP contribution in [0.4, 0.5) is 0 Å². The number of ether oxygens (including phenoxy) is 1. The van der Waals surface area contributed by atoms with Crippen molar-refractivity contribution in [1.82, 2.24) is 20.4 Å². The van der Waals surface area contributed by atoms with Crippen LogP contribution < -0.4 is 10.1 Å². The largest absolute Gasteiger partial charge is 0.497 e. The molecule has 0 unspecified atom stereocenters. The summed E-state index contributed by atoms with van der Waals surface area (Å²) in [5.74, 6) is 1.92. The zero-order valence-corrected chi connectivity index (χ0v) is 18.9. The number of aryl methyl sites for hydroxylation is 2. The Balaban J connectivity index is 1.24. The van der Waals surface area contributed by atoms with Crippen molar-refractivity contribution in [3.05, 3.63) is 47.0 Å². The Labute approximate surface area is 187 Å². The van der Waals surface area contributed by atoms with Crippen LogP contribution in [-0.4, -0.2) is 53.6 Å². The lowest BCUT2D eigenvalue weighted by atomic mass is 9.93. The van der Waals surface area contributed by atoms with Gasteiger partial charge in [0, 0.05) is 48.6 Å². The van der Waals surface area contributed by atoms with Gasteiger partial charge in [-0.05, 0) is 57.2 Å². The van der Waals surface area contributed by atoms with Crippen LogP contribution in [0.1, 0.15) is 46.8 Å². The maximum atomic E-state index is 12.9. The minimum Gasteiger partial charge on any atom is -0.497 e. The van der Waals surface area contributed by atoms with E-state index in [4.69, 9.17) is 9.26 Å². The van der Waals surface area contributed by atoms with Gasteiger partial charge in [-0.3, -0.25) is 9.59 Å². The number of nitrogens with zero attached hydrogens (tertiary/aromatic N) is 2. The molecule has 3 aromatic rings. The summed E-state index contributed by atoms with van der Waals surface area (Å²) >= 11 is 0. The van der Waals surface area contributed by atoms with E-state index in [1.165, 1.54) is 0 Å². The molecule has 0 spiro atoms. The molecular weight excluding hydrogens is 408 g/mol. The number of carbonyl (C=O) groups excluding carboxylic acids is 2. The van der Waals surface area contributed by atoms with Crippen molar-refractivity contribution >= 4 is 22.7 Å². The molecule has 1 aliphatic heterocycles. The van der Waals surface area contributed by atoms with E-state index >= 15 is 0 Å². The Morgan fingerprint density at radius 2 is 2.03 bits per heavy atom. The molecule has 0 saturated carbocycles. The first kappa shape index (κ1) is 21.9.